The standard InChI is InChI=1S/C27H32.C26H30.C26H28.C25H26O.C25H28/c1-25(2,3)18-10-13-20-17(15-18)9-12-22-21-14-11-19(26(4,5)6)16-23(21)27(7,8)24(20)22;2*1-25(2,3)19-9-13-21-17(15-19)7-11-24-22-14-10-20(26(4,5)6)16-18(22)8-12-23(21)24;1-24(2,3)16-8-11-18-15(13-16)7-10-20-19-12-9-17(25(4,5)6)14-21(19)23(26)22(18)20;1-24(2,3)18-8-11-20-16(13-18)7-10-22-21-12-9-19(25(4,5)6)14-17(21)15-23(20)22/h9-16H,1-8H3;7,9-11,13-16H,8,12H2,1-6H3;7-16H,1-6H3;7-14H,1-6H3;7-14H,15H2,1-6H3. The average molecular weight is 1710 g/mol. The van der Waals surface area contributed by atoms with Gasteiger partial charge in [0.2, 0.25) is 0 Å². The van der Waals surface area contributed by atoms with Crippen LogP contribution in [0.25, 0.3) is 120 Å². The van der Waals surface area contributed by atoms with E-state index in [1.54, 1.807) is 0 Å². The Kier molecular flexibility index (Phi) is 23.1. The van der Waals surface area contributed by atoms with Crippen LogP contribution in [-0.4, -0.2) is 5.78 Å². The van der Waals surface area contributed by atoms with Crippen molar-refractivity contribution in [2.45, 2.75) is 300 Å². The molecule has 0 amide bonds. The van der Waals surface area contributed by atoms with E-state index in [1.165, 1.54) is 187 Å². The van der Waals surface area contributed by atoms with Crippen molar-refractivity contribution in [1.29, 1.82) is 0 Å². The first kappa shape index (κ1) is 92.3. The predicted octanol–water partition coefficient (Wildman–Crippen LogP) is 36.3. The zero-order chi connectivity index (χ0) is 94.0. The van der Waals surface area contributed by atoms with Gasteiger partial charge in [0.25, 0.3) is 0 Å². The first-order valence-electron chi connectivity index (χ1n) is 48.2. The number of ketones is 1. The summed E-state index contributed by atoms with van der Waals surface area (Å²) < 4.78 is 0. The van der Waals surface area contributed by atoms with E-state index < -0.39 is 0 Å². The Balaban J connectivity index is 0.000000119. The van der Waals surface area contributed by atoms with Crippen LogP contribution >= 0.6 is 0 Å². The third-order valence-electron chi connectivity index (χ3n) is 29.0. The van der Waals surface area contributed by atoms with Crippen LogP contribution in [0.15, 0.2) is 255 Å². The number of carbonyl (C=O) groups excluding carboxylic acids is 1. The van der Waals surface area contributed by atoms with Crippen LogP contribution in [0.4, 0.5) is 0 Å². The topological polar surface area (TPSA) is 17.1 Å². The molecule has 0 radical (unpaired) electrons. The van der Waals surface area contributed by atoms with Gasteiger partial charge in [0.05, 0.1) is 0 Å². The van der Waals surface area contributed by atoms with Crippen LogP contribution in [0.1, 0.15) is 326 Å². The Morgan fingerprint density at radius 2 is 0.469 bits per heavy atom. The van der Waals surface area contributed by atoms with Crippen molar-refractivity contribution in [1.82, 2.24) is 0 Å². The molecule has 0 spiro atoms. The highest BCUT2D eigenvalue weighted by Crippen LogP contribution is 2.54. The van der Waals surface area contributed by atoms with Crippen molar-refractivity contribution in [2.75, 3.05) is 0 Å². The third kappa shape index (κ3) is 17.7. The summed E-state index contributed by atoms with van der Waals surface area (Å²) in [6.45, 7) is 72.9. The molecule has 20 rings (SSSR count). The highest BCUT2D eigenvalue weighted by atomic mass is 16.1. The molecule has 16 aromatic carbocycles. The van der Waals surface area contributed by atoms with Crippen LogP contribution < -0.4 is 0 Å². The largest absolute Gasteiger partial charge is 0.289 e. The molecule has 0 aliphatic heterocycles. The summed E-state index contributed by atoms with van der Waals surface area (Å²) in [7, 11) is 0. The molecule has 130 heavy (non-hydrogen) atoms. The Bertz CT molecular complexity index is 7130. The second kappa shape index (κ2) is 32.5. The second-order valence-corrected chi connectivity index (χ2v) is 49.4. The van der Waals surface area contributed by atoms with E-state index in [-0.39, 0.29) is 65.3 Å². The van der Waals surface area contributed by atoms with Crippen LogP contribution in [0.5, 0.6) is 0 Å². The summed E-state index contributed by atoms with van der Waals surface area (Å²) in [4.78, 5) is 13.3. The lowest BCUT2D eigenvalue weighted by atomic mass is 9.77. The summed E-state index contributed by atoms with van der Waals surface area (Å²) in [6.07, 6.45) is 3.34. The van der Waals surface area contributed by atoms with Gasteiger partial charge in [0.1, 0.15) is 0 Å². The molecule has 0 aromatic heterocycles. The molecule has 1 nitrogen and oxygen atoms in total. The molecule has 0 saturated carbocycles. The normalized spacial score (nSPS) is 14.1. The summed E-state index contributed by atoms with van der Waals surface area (Å²) in [6, 6.07) is 96.5. The molecule has 16 aromatic rings. The number of carbonyl (C=O) groups is 1. The van der Waals surface area contributed by atoms with Gasteiger partial charge in [-0.05, 0) is 288 Å². The van der Waals surface area contributed by atoms with Crippen LogP contribution in [0.2, 0.25) is 0 Å². The SMILES string of the molecule is CC(C)(C)c1ccc2c(c1)C(=O)c1c-2ccc2cc(C(C)(C)C)ccc12.CC(C)(C)c1ccc2c(c1)C(C)(C)c1c-2ccc2cc(C(C)(C)C)ccc12.CC(C)(C)c1ccc2c(c1)CCc1c-2ccc2cc(C(C)(C)C)ccc12.CC(C)(C)c1ccc2c(c1)Cc1c-2ccc2cc(C(C)(C)C)ccc12.CC(C)(C)c1ccc2c(ccc3c4ccc(C(C)(C)C)cc4ccc23)c1. The van der Waals surface area contributed by atoms with E-state index in [0.29, 0.717) is 0 Å². The molecule has 0 N–H and O–H groups in total. The third-order valence-corrected chi connectivity index (χ3v) is 29.0. The zero-order valence-electron chi connectivity index (χ0n) is 84.8. The maximum absolute atomic E-state index is 13.3. The first-order valence-corrected chi connectivity index (χ1v) is 48.2. The zero-order valence-corrected chi connectivity index (χ0v) is 84.8. The van der Waals surface area contributed by atoms with Gasteiger partial charge in [-0.3, -0.25) is 4.79 Å². The van der Waals surface area contributed by atoms with E-state index in [0.717, 1.165) is 52.3 Å². The fourth-order valence-corrected chi connectivity index (χ4v) is 20.4. The maximum Gasteiger partial charge on any atom is 0.194 e. The molecule has 4 aliphatic carbocycles. The molecule has 0 fully saturated rings. The average Bonchev–Trinajstić information content (AvgIpc) is 1.55. The minimum atomic E-state index is 0.0225. The minimum absolute atomic E-state index is 0.0225. The predicted molar refractivity (Wildman–Crippen MR) is 569 cm³/mol. The number of hydrogen-bond donors (Lipinski definition) is 0. The quantitative estimate of drug-likeness (QED) is 0.138. The van der Waals surface area contributed by atoms with Gasteiger partial charge < -0.3 is 0 Å². The number of rotatable bonds is 0. The van der Waals surface area contributed by atoms with Crippen molar-refractivity contribution in [3.63, 3.8) is 0 Å². The van der Waals surface area contributed by atoms with E-state index in [9.17, 15) is 4.79 Å². The molecule has 666 valence electrons. The van der Waals surface area contributed by atoms with Crippen molar-refractivity contribution in [3.8, 4) is 44.5 Å². The lowest BCUT2D eigenvalue weighted by Crippen LogP contribution is -2.18. The Morgan fingerprint density at radius 1 is 0.200 bits per heavy atom. The molecular weight excluding hydrogens is 1570 g/mol. The minimum Gasteiger partial charge on any atom is -0.289 e. The Labute approximate surface area is 780 Å². The molecule has 0 bridgehead atoms. The second-order valence-electron chi connectivity index (χ2n) is 49.4. The van der Waals surface area contributed by atoms with Crippen molar-refractivity contribution in [2.24, 2.45) is 0 Å². The maximum atomic E-state index is 13.3. The van der Waals surface area contributed by atoms with Crippen molar-refractivity contribution in [3.05, 3.63) is 355 Å². The van der Waals surface area contributed by atoms with E-state index in [1.807, 2.05) is 0 Å². The summed E-state index contributed by atoms with van der Waals surface area (Å²) in [5.74, 6) is 0.162. The highest BCUT2D eigenvalue weighted by molar-refractivity contribution is 6.27. The number of aryl methyl sites for hydroxylation is 2. The number of hydrogen-bond acceptors (Lipinski definition) is 1. The van der Waals surface area contributed by atoms with Gasteiger partial charge in [-0.15, -0.1) is 0 Å². The van der Waals surface area contributed by atoms with Gasteiger partial charge in [-0.2, -0.15) is 0 Å². The molecule has 0 saturated heterocycles. The summed E-state index contributed by atoms with van der Waals surface area (Å²) in [5, 5.41) is 18.6. The smallest absolute Gasteiger partial charge is 0.194 e. The Morgan fingerprint density at radius 3 is 0.892 bits per heavy atom. The highest BCUT2D eigenvalue weighted by Gasteiger charge is 2.39. The molecule has 4 aliphatic rings. The molecule has 0 heterocycles. The van der Waals surface area contributed by atoms with Gasteiger partial charge in [0.15, 0.2) is 5.78 Å². The van der Waals surface area contributed by atoms with E-state index in [2.05, 4.69) is 476 Å². The molecule has 0 atom stereocenters. The Hall–Kier alpha value is -11.0. The van der Waals surface area contributed by atoms with Crippen molar-refractivity contribution < 1.29 is 4.79 Å². The monoisotopic (exact) mass is 1710 g/mol. The number of fused-ring (bicyclic) bond motifs is 25. The number of benzene rings is 16. The van der Waals surface area contributed by atoms with Gasteiger partial charge in [-0.1, -0.05) is 470 Å². The van der Waals surface area contributed by atoms with Gasteiger partial charge in [-0.25, -0.2) is 0 Å². The van der Waals surface area contributed by atoms with Crippen LogP contribution in [0, 0.1) is 0 Å². The lowest BCUT2D eigenvalue weighted by molar-refractivity contribution is 0.104. The summed E-state index contributed by atoms with van der Waals surface area (Å²) >= 11 is 0. The lowest BCUT2D eigenvalue weighted by Gasteiger charge is -2.26. The van der Waals surface area contributed by atoms with Crippen molar-refractivity contribution >= 4 is 81.2 Å². The van der Waals surface area contributed by atoms with Crippen LogP contribution in [-0.2, 0) is 78.8 Å². The van der Waals surface area contributed by atoms with Gasteiger partial charge >= 0.3 is 0 Å². The molecular formula is C129H144O. The molecule has 0 unspecified atom stereocenters. The fourth-order valence-electron chi connectivity index (χ4n) is 20.4. The molecule has 1 heteroatoms. The fraction of sp³-hybridized carbons (Fsp3) is 0.357. The van der Waals surface area contributed by atoms with Crippen LogP contribution in [0.3, 0.4) is 0 Å². The van der Waals surface area contributed by atoms with E-state index in [4.69, 9.17) is 0 Å². The summed E-state index contributed by atoms with van der Waals surface area (Å²) in [5.41, 5.74) is 36.8. The first-order chi connectivity index (χ1) is 60.4. The van der Waals surface area contributed by atoms with Gasteiger partial charge in [0, 0.05) is 16.5 Å². The van der Waals surface area contributed by atoms with E-state index >= 15 is 0 Å².